The molecular weight excluding hydrogens is 336 g/mol. The van der Waals surface area contributed by atoms with Gasteiger partial charge in [-0.25, -0.2) is 0 Å². The number of anilines is 1. The number of carbonyl (C=O) groups is 1. The molecule has 0 atom stereocenters. The standard InChI is InChI=1S/C19H22N2O3S/c1-3-4-12-24-17-7-5-6-14(13-17)18(22)21-19(25)20-15-8-10-16(23-2)11-9-15/h5-11,13H,3-4,12H2,1-2H3,(H2,20,21,22,25). The molecule has 0 aromatic heterocycles. The Kier molecular flexibility index (Phi) is 7.22. The average molecular weight is 358 g/mol. The van der Waals surface area contributed by atoms with E-state index >= 15 is 0 Å². The minimum Gasteiger partial charge on any atom is -0.497 e. The average Bonchev–Trinajstić information content (AvgIpc) is 2.63. The van der Waals surface area contributed by atoms with E-state index in [4.69, 9.17) is 21.7 Å². The van der Waals surface area contributed by atoms with E-state index in [1.807, 2.05) is 30.3 Å². The van der Waals surface area contributed by atoms with Crippen molar-refractivity contribution in [3.8, 4) is 11.5 Å². The summed E-state index contributed by atoms with van der Waals surface area (Å²) in [6, 6.07) is 14.3. The molecule has 0 saturated carbocycles. The number of thiocarbonyl (C=S) groups is 1. The quantitative estimate of drug-likeness (QED) is 0.579. The van der Waals surface area contributed by atoms with Crippen molar-refractivity contribution >= 4 is 28.9 Å². The third-order valence-corrected chi connectivity index (χ3v) is 3.64. The number of rotatable bonds is 7. The van der Waals surface area contributed by atoms with Crippen molar-refractivity contribution in [2.75, 3.05) is 19.0 Å². The van der Waals surface area contributed by atoms with E-state index in [2.05, 4.69) is 17.6 Å². The first kappa shape index (κ1) is 18.7. The number of unbranched alkanes of at least 4 members (excludes halogenated alkanes) is 1. The molecule has 0 saturated heterocycles. The fraction of sp³-hybridized carbons (Fsp3) is 0.263. The molecule has 2 N–H and O–H groups in total. The molecule has 5 nitrogen and oxygen atoms in total. The Morgan fingerprint density at radius 3 is 2.56 bits per heavy atom. The van der Waals surface area contributed by atoms with Crippen LogP contribution in [-0.4, -0.2) is 24.7 Å². The molecule has 1 amide bonds. The zero-order valence-corrected chi connectivity index (χ0v) is 15.2. The highest BCUT2D eigenvalue weighted by atomic mass is 32.1. The van der Waals surface area contributed by atoms with Crippen LogP contribution in [0.15, 0.2) is 48.5 Å². The Labute approximate surface area is 153 Å². The molecule has 132 valence electrons. The molecular formula is C19H22N2O3S. The fourth-order valence-electron chi connectivity index (χ4n) is 2.07. The van der Waals surface area contributed by atoms with E-state index in [-0.39, 0.29) is 11.0 Å². The smallest absolute Gasteiger partial charge is 0.257 e. The first-order chi connectivity index (χ1) is 12.1. The number of hydrogen-bond donors (Lipinski definition) is 2. The van der Waals surface area contributed by atoms with Crippen LogP contribution in [0.3, 0.4) is 0 Å². The third-order valence-electron chi connectivity index (χ3n) is 3.44. The molecule has 2 rings (SSSR count). The highest BCUT2D eigenvalue weighted by molar-refractivity contribution is 7.80. The molecule has 0 heterocycles. The lowest BCUT2D eigenvalue weighted by molar-refractivity contribution is 0.0977. The van der Waals surface area contributed by atoms with Crippen molar-refractivity contribution in [1.29, 1.82) is 0 Å². The summed E-state index contributed by atoms with van der Waals surface area (Å²) in [5, 5.41) is 5.85. The summed E-state index contributed by atoms with van der Waals surface area (Å²) in [6.45, 7) is 2.74. The number of nitrogens with one attached hydrogen (secondary N) is 2. The second kappa shape index (κ2) is 9.64. The van der Waals surface area contributed by atoms with Crippen LogP contribution in [0.2, 0.25) is 0 Å². The van der Waals surface area contributed by atoms with Gasteiger partial charge in [-0.05, 0) is 61.1 Å². The third kappa shape index (κ3) is 6.08. The van der Waals surface area contributed by atoms with Crippen LogP contribution in [0, 0.1) is 0 Å². The number of ether oxygens (including phenoxy) is 2. The maximum Gasteiger partial charge on any atom is 0.257 e. The fourth-order valence-corrected chi connectivity index (χ4v) is 2.28. The van der Waals surface area contributed by atoms with Crippen molar-refractivity contribution in [1.82, 2.24) is 5.32 Å². The van der Waals surface area contributed by atoms with Gasteiger partial charge in [-0.3, -0.25) is 10.1 Å². The van der Waals surface area contributed by atoms with Crippen LogP contribution >= 0.6 is 12.2 Å². The Morgan fingerprint density at radius 2 is 1.88 bits per heavy atom. The highest BCUT2D eigenvalue weighted by Crippen LogP contribution is 2.16. The van der Waals surface area contributed by atoms with Gasteiger partial charge in [0.25, 0.3) is 5.91 Å². The lowest BCUT2D eigenvalue weighted by Gasteiger charge is -2.11. The van der Waals surface area contributed by atoms with E-state index in [1.54, 1.807) is 25.3 Å². The highest BCUT2D eigenvalue weighted by Gasteiger charge is 2.09. The number of methoxy groups -OCH3 is 1. The SMILES string of the molecule is CCCCOc1cccc(C(=O)NC(=S)Nc2ccc(OC)cc2)c1. The van der Waals surface area contributed by atoms with Gasteiger partial charge in [0.15, 0.2) is 5.11 Å². The van der Waals surface area contributed by atoms with Crippen LogP contribution in [0.5, 0.6) is 11.5 Å². The summed E-state index contributed by atoms with van der Waals surface area (Å²) in [7, 11) is 1.60. The van der Waals surface area contributed by atoms with E-state index in [9.17, 15) is 4.79 Å². The van der Waals surface area contributed by atoms with Gasteiger partial charge in [-0.15, -0.1) is 0 Å². The van der Waals surface area contributed by atoms with Gasteiger partial charge in [0, 0.05) is 11.3 Å². The zero-order valence-electron chi connectivity index (χ0n) is 14.4. The van der Waals surface area contributed by atoms with Gasteiger partial charge >= 0.3 is 0 Å². The lowest BCUT2D eigenvalue weighted by Crippen LogP contribution is -2.34. The number of amides is 1. The van der Waals surface area contributed by atoms with Crippen molar-refractivity contribution < 1.29 is 14.3 Å². The van der Waals surface area contributed by atoms with Gasteiger partial charge in [-0.2, -0.15) is 0 Å². The van der Waals surface area contributed by atoms with Crippen LogP contribution < -0.4 is 20.1 Å². The molecule has 0 radical (unpaired) electrons. The first-order valence-corrected chi connectivity index (χ1v) is 8.52. The van der Waals surface area contributed by atoms with Gasteiger partial charge in [-0.1, -0.05) is 19.4 Å². The Hall–Kier alpha value is -2.60. The second-order valence-corrected chi connectivity index (χ2v) is 5.77. The van der Waals surface area contributed by atoms with Crippen molar-refractivity contribution in [2.45, 2.75) is 19.8 Å². The Morgan fingerprint density at radius 1 is 1.12 bits per heavy atom. The summed E-state index contributed by atoms with van der Waals surface area (Å²) in [4.78, 5) is 12.3. The summed E-state index contributed by atoms with van der Waals surface area (Å²) in [6.07, 6.45) is 2.04. The van der Waals surface area contributed by atoms with Gasteiger partial charge in [0.05, 0.1) is 13.7 Å². The molecule has 0 fully saturated rings. The topological polar surface area (TPSA) is 59.6 Å². The monoisotopic (exact) mass is 358 g/mol. The Balaban J connectivity index is 1.91. The zero-order chi connectivity index (χ0) is 18.1. The van der Waals surface area contributed by atoms with Gasteiger partial charge < -0.3 is 14.8 Å². The van der Waals surface area contributed by atoms with E-state index < -0.39 is 0 Å². The minimum absolute atomic E-state index is 0.229. The van der Waals surface area contributed by atoms with Crippen LogP contribution in [0.4, 0.5) is 5.69 Å². The molecule has 0 unspecified atom stereocenters. The molecule has 6 heteroatoms. The van der Waals surface area contributed by atoms with E-state index in [0.29, 0.717) is 17.9 Å². The first-order valence-electron chi connectivity index (χ1n) is 8.11. The van der Waals surface area contributed by atoms with E-state index in [0.717, 1.165) is 24.3 Å². The molecule has 25 heavy (non-hydrogen) atoms. The van der Waals surface area contributed by atoms with E-state index in [1.165, 1.54) is 0 Å². The molecule has 2 aromatic rings. The summed E-state index contributed by atoms with van der Waals surface area (Å²) >= 11 is 5.19. The predicted molar refractivity (Wildman–Crippen MR) is 104 cm³/mol. The molecule has 0 spiro atoms. The molecule has 0 aliphatic carbocycles. The maximum atomic E-state index is 12.3. The van der Waals surface area contributed by atoms with Gasteiger partial charge in [0.2, 0.25) is 0 Å². The normalized spacial score (nSPS) is 10.0. The summed E-state index contributed by atoms with van der Waals surface area (Å²) in [5.74, 6) is 1.14. The van der Waals surface area contributed by atoms with Gasteiger partial charge in [0.1, 0.15) is 11.5 Å². The number of benzene rings is 2. The predicted octanol–water partition coefficient (Wildman–Crippen LogP) is 4.00. The lowest BCUT2D eigenvalue weighted by atomic mass is 10.2. The van der Waals surface area contributed by atoms with Crippen molar-refractivity contribution in [3.63, 3.8) is 0 Å². The second-order valence-electron chi connectivity index (χ2n) is 5.37. The minimum atomic E-state index is -0.285. The molecule has 0 aliphatic rings. The molecule has 0 bridgehead atoms. The van der Waals surface area contributed by atoms with Crippen LogP contribution in [0.1, 0.15) is 30.1 Å². The number of carbonyl (C=O) groups excluding carboxylic acids is 1. The van der Waals surface area contributed by atoms with Crippen LogP contribution in [0.25, 0.3) is 0 Å². The molecule has 0 aliphatic heterocycles. The van der Waals surface area contributed by atoms with Crippen molar-refractivity contribution in [3.05, 3.63) is 54.1 Å². The maximum absolute atomic E-state index is 12.3. The largest absolute Gasteiger partial charge is 0.497 e. The number of hydrogen-bond acceptors (Lipinski definition) is 4. The van der Waals surface area contributed by atoms with Crippen molar-refractivity contribution in [2.24, 2.45) is 0 Å². The van der Waals surface area contributed by atoms with Crippen LogP contribution in [-0.2, 0) is 0 Å². The summed E-state index contributed by atoms with van der Waals surface area (Å²) < 4.78 is 10.7. The Bertz CT molecular complexity index is 717. The molecule has 2 aromatic carbocycles. The summed E-state index contributed by atoms with van der Waals surface area (Å²) in [5.41, 5.74) is 1.26.